The average molecular weight is 431 g/mol. The molecule has 4 rings (SSSR count). The molecule has 2 heterocycles. The van der Waals surface area contributed by atoms with E-state index in [1.54, 1.807) is 24.5 Å². The van der Waals surface area contributed by atoms with Gasteiger partial charge in [0, 0.05) is 18.0 Å². The highest BCUT2D eigenvalue weighted by atomic mass is 32.2. The van der Waals surface area contributed by atoms with Crippen LogP contribution in [0.1, 0.15) is 23.3 Å². The number of carbonyl (C=O) groups excluding carboxylic acids is 1. The van der Waals surface area contributed by atoms with Gasteiger partial charge in [0.25, 0.3) is 11.2 Å². The summed E-state index contributed by atoms with van der Waals surface area (Å²) in [4.78, 5) is 42.3. The van der Waals surface area contributed by atoms with Crippen LogP contribution in [0.2, 0.25) is 0 Å². The van der Waals surface area contributed by atoms with E-state index >= 15 is 0 Å². The molecule has 0 radical (unpaired) electrons. The molecule has 1 N–H and O–H groups in total. The first-order valence-electron chi connectivity index (χ1n) is 9.13. The molecule has 10 heteroatoms. The van der Waals surface area contributed by atoms with Gasteiger partial charge in [-0.15, -0.1) is 11.3 Å². The Morgan fingerprint density at radius 3 is 2.90 bits per heavy atom. The van der Waals surface area contributed by atoms with Crippen molar-refractivity contribution in [2.75, 3.05) is 11.1 Å². The third-order valence-electron chi connectivity index (χ3n) is 4.86. The lowest BCUT2D eigenvalue weighted by atomic mass is 9.97. The Hall–Kier alpha value is -2.72. The molecule has 0 saturated heterocycles. The van der Waals surface area contributed by atoms with E-state index in [1.165, 1.54) is 27.6 Å². The van der Waals surface area contributed by atoms with Gasteiger partial charge in [-0.2, -0.15) is 0 Å². The maximum atomic E-state index is 12.9. The summed E-state index contributed by atoms with van der Waals surface area (Å²) in [6, 6.07) is 5.98. The number of rotatable bonds is 5. The molecule has 0 fully saturated rings. The lowest BCUT2D eigenvalue weighted by molar-refractivity contribution is -0.383. The summed E-state index contributed by atoms with van der Waals surface area (Å²) >= 11 is 2.71. The van der Waals surface area contributed by atoms with Crippen molar-refractivity contribution < 1.29 is 9.72 Å². The van der Waals surface area contributed by atoms with Crippen LogP contribution in [0, 0.1) is 10.1 Å². The van der Waals surface area contributed by atoms with Crippen LogP contribution in [-0.4, -0.2) is 26.1 Å². The number of nitro benzene ring substituents is 1. The van der Waals surface area contributed by atoms with Crippen molar-refractivity contribution in [1.29, 1.82) is 0 Å². The molecule has 8 nitrogen and oxygen atoms in total. The van der Waals surface area contributed by atoms with E-state index in [0.29, 0.717) is 10.5 Å². The first-order valence-corrected chi connectivity index (χ1v) is 10.9. The number of thiophene rings is 1. The zero-order valence-corrected chi connectivity index (χ0v) is 17.3. The highest BCUT2D eigenvalue weighted by Crippen LogP contribution is 2.34. The smallest absolute Gasteiger partial charge is 0.292 e. The Kier molecular flexibility index (Phi) is 5.37. The second kappa shape index (κ2) is 7.96. The molecule has 0 spiro atoms. The van der Waals surface area contributed by atoms with E-state index < -0.39 is 10.8 Å². The third-order valence-corrected chi connectivity index (χ3v) is 7.08. The molecule has 3 aromatic rings. The molecule has 150 valence electrons. The van der Waals surface area contributed by atoms with Crippen LogP contribution in [0.15, 0.2) is 34.2 Å². The van der Waals surface area contributed by atoms with Crippen LogP contribution >= 0.6 is 23.1 Å². The van der Waals surface area contributed by atoms with Gasteiger partial charge in [-0.1, -0.05) is 23.9 Å². The maximum Gasteiger partial charge on any atom is 0.292 e. The monoisotopic (exact) mass is 430 g/mol. The number of nitrogens with one attached hydrogen (secondary N) is 1. The van der Waals surface area contributed by atoms with Gasteiger partial charge in [0.15, 0.2) is 5.16 Å². The van der Waals surface area contributed by atoms with Crippen LogP contribution in [-0.2, 0) is 24.7 Å². The Morgan fingerprint density at radius 2 is 2.10 bits per heavy atom. The SMILES string of the molecule is Cn1c(SCC(=O)Nc2ccccc2[N+](=O)[O-])nc2sc3c(c2c1=O)CCCC3. The summed E-state index contributed by atoms with van der Waals surface area (Å²) in [6.45, 7) is 0. The van der Waals surface area contributed by atoms with Gasteiger partial charge >= 0.3 is 0 Å². The number of nitro groups is 1. The predicted molar refractivity (Wildman–Crippen MR) is 114 cm³/mol. The molecular weight excluding hydrogens is 412 g/mol. The fourth-order valence-electron chi connectivity index (χ4n) is 3.45. The normalized spacial score (nSPS) is 13.3. The van der Waals surface area contributed by atoms with Crippen LogP contribution in [0.25, 0.3) is 10.2 Å². The highest BCUT2D eigenvalue weighted by molar-refractivity contribution is 7.99. The second-order valence-electron chi connectivity index (χ2n) is 6.76. The molecule has 1 aliphatic rings. The van der Waals surface area contributed by atoms with E-state index in [-0.39, 0.29) is 22.7 Å². The van der Waals surface area contributed by atoms with E-state index in [4.69, 9.17) is 0 Å². The zero-order chi connectivity index (χ0) is 20.5. The Balaban J connectivity index is 1.54. The van der Waals surface area contributed by atoms with Crippen LogP contribution in [0.3, 0.4) is 0 Å². The number of carbonyl (C=O) groups is 1. The van der Waals surface area contributed by atoms with Gasteiger partial charge in [0.1, 0.15) is 10.5 Å². The molecular formula is C19H18N4O4S2. The summed E-state index contributed by atoms with van der Waals surface area (Å²) < 4.78 is 1.48. The van der Waals surface area contributed by atoms with Gasteiger partial charge in [-0.3, -0.25) is 24.3 Å². The van der Waals surface area contributed by atoms with Crippen molar-refractivity contribution in [2.24, 2.45) is 7.05 Å². The topological polar surface area (TPSA) is 107 Å². The molecule has 0 unspecified atom stereocenters. The van der Waals surface area contributed by atoms with Crippen LogP contribution < -0.4 is 10.9 Å². The summed E-state index contributed by atoms with van der Waals surface area (Å²) in [6.07, 6.45) is 4.12. The molecule has 0 saturated carbocycles. The number of benzene rings is 1. The van der Waals surface area contributed by atoms with Crippen LogP contribution in [0.5, 0.6) is 0 Å². The predicted octanol–water partition coefficient (Wildman–Crippen LogP) is 3.51. The van der Waals surface area contributed by atoms with Crippen molar-refractivity contribution >= 4 is 50.6 Å². The van der Waals surface area contributed by atoms with Crippen LogP contribution in [0.4, 0.5) is 11.4 Å². The summed E-state index contributed by atoms with van der Waals surface area (Å²) in [5.41, 5.74) is 1.03. The standard InChI is InChI=1S/C19H18N4O4S2/c1-22-18(25)16-11-6-2-5-9-14(11)29-17(16)21-19(22)28-10-15(24)20-12-7-3-4-8-13(12)23(26)27/h3-4,7-8H,2,5-6,9-10H2,1H3,(H,20,24). The number of anilines is 1. The van der Waals surface area contributed by atoms with Gasteiger partial charge in [-0.25, -0.2) is 4.98 Å². The minimum absolute atomic E-state index is 0.0110. The Morgan fingerprint density at radius 1 is 1.34 bits per heavy atom. The van der Waals surface area contributed by atoms with Crippen molar-refractivity contribution in [1.82, 2.24) is 9.55 Å². The van der Waals surface area contributed by atoms with Crippen molar-refractivity contribution in [2.45, 2.75) is 30.8 Å². The highest BCUT2D eigenvalue weighted by Gasteiger charge is 2.22. The number of thioether (sulfide) groups is 1. The van der Waals surface area contributed by atoms with Gasteiger partial charge in [0.05, 0.1) is 16.1 Å². The molecule has 1 amide bonds. The number of hydrogen-bond donors (Lipinski definition) is 1. The summed E-state index contributed by atoms with van der Waals surface area (Å²) in [7, 11) is 1.66. The summed E-state index contributed by atoms with van der Waals surface area (Å²) in [5, 5.41) is 14.8. The van der Waals surface area contributed by atoms with E-state index in [2.05, 4.69) is 10.3 Å². The Bertz CT molecular complexity index is 1180. The van der Waals surface area contributed by atoms with Gasteiger partial charge < -0.3 is 5.32 Å². The van der Waals surface area contributed by atoms with E-state index in [1.807, 2.05) is 0 Å². The largest absolute Gasteiger partial charge is 0.320 e. The number of hydrogen-bond acceptors (Lipinski definition) is 7. The molecule has 2 aromatic heterocycles. The minimum Gasteiger partial charge on any atom is -0.320 e. The zero-order valence-electron chi connectivity index (χ0n) is 15.6. The molecule has 0 atom stereocenters. The van der Waals surface area contributed by atoms with Crippen molar-refractivity contribution in [3.8, 4) is 0 Å². The fourth-order valence-corrected chi connectivity index (χ4v) is 5.53. The van der Waals surface area contributed by atoms with Crippen molar-refractivity contribution in [3.05, 3.63) is 55.2 Å². The maximum absolute atomic E-state index is 12.9. The van der Waals surface area contributed by atoms with Crippen molar-refractivity contribution in [3.63, 3.8) is 0 Å². The van der Waals surface area contributed by atoms with E-state index in [0.717, 1.165) is 47.8 Å². The lowest BCUT2D eigenvalue weighted by Crippen LogP contribution is -2.22. The number of para-hydroxylation sites is 2. The first kappa shape index (κ1) is 19.6. The first-order chi connectivity index (χ1) is 14.0. The van der Waals surface area contributed by atoms with Gasteiger partial charge in [-0.05, 0) is 37.3 Å². The molecule has 0 aliphatic heterocycles. The fraction of sp³-hybridized carbons (Fsp3) is 0.316. The third kappa shape index (κ3) is 3.77. The number of fused-ring (bicyclic) bond motifs is 3. The number of amides is 1. The number of aromatic nitrogens is 2. The quantitative estimate of drug-likeness (QED) is 0.287. The minimum atomic E-state index is -0.541. The molecule has 1 aromatic carbocycles. The Labute approximate surface area is 174 Å². The van der Waals surface area contributed by atoms with E-state index in [9.17, 15) is 19.7 Å². The number of nitrogens with zero attached hydrogens (tertiary/aromatic N) is 3. The molecule has 29 heavy (non-hydrogen) atoms. The molecule has 1 aliphatic carbocycles. The summed E-state index contributed by atoms with van der Waals surface area (Å²) in [5.74, 6) is -0.410. The lowest BCUT2D eigenvalue weighted by Gasteiger charge is -2.11. The average Bonchev–Trinajstić information content (AvgIpc) is 3.08. The van der Waals surface area contributed by atoms with Gasteiger partial charge in [0.2, 0.25) is 5.91 Å². The second-order valence-corrected chi connectivity index (χ2v) is 8.79. The number of aryl methyl sites for hydroxylation is 2. The molecule has 0 bridgehead atoms.